The molecule has 0 bridgehead atoms. The molecule has 12 heteroatoms. The van der Waals surface area contributed by atoms with Crippen LogP contribution in [-0.2, 0) is 0 Å². The molecular formula is C39H40Br3Cl2N7. The van der Waals surface area contributed by atoms with E-state index in [4.69, 9.17) is 23.2 Å². The molecule has 2 saturated heterocycles. The van der Waals surface area contributed by atoms with E-state index < -0.39 is 0 Å². The molecule has 0 saturated carbocycles. The molecule has 5 heterocycles. The van der Waals surface area contributed by atoms with Crippen LogP contribution in [0.2, 0.25) is 10.0 Å². The quantitative estimate of drug-likeness (QED) is 0.183. The van der Waals surface area contributed by atoms with Gasteiger partial charge >= 0.3 is 0 Å². The fourth-order valence-electron chi connectivity index (χ4n) is 6.71. The van der Waals surface area contributed by atoms with E-state index in [1.807, 2.05) is 49.6 Å². The number of nitrogens with zero attached hydrogens (tertiary/aromatic N) is 5. The van der Waals surface area contributed by atoms with Gasteiger partial charge in [0, 0.05) is 92.1 Å². The first kappa shape index (κ1) is 38.2. The number of piperidine rings is 2. The van der Waals surface area contributed by atoms with Crippen molar-refractivity contribution in [2.75, 3.05) is 50.1 Å². The Bertz CT molecular complexity index is 2100. The van der Waals surface area contributed by atoms with Crippen molar-refractivity contribution in [3.05, 3.63) is 109 Å². The number of anilines is 2. The Kier molecular flexibility index (Phi) is 13.4. The smallest absolute Gasteiger partial charge is 0.0829 e. The van der Waals surface area contributed by atoms with Crippen LogP contribution in [0.25, 0.3) is 32.7 Å². The second-order valence-electron chi connectivity index (χ2n) is 12.7. The molecule has 266 valence electrons. The Labute approximate surface area is 334 Å². The van der Waals surface area contributed by atoms with Crippen molar-refractivity contribution < 1.29 is 0 Å². The minimum atomic E-state index is 0.616. The van der Waals surface area contributed by atoms with E-state index in [0.717, 1.165) is 95.5 Å². The summed E-state index contributed by atoms with van der Waals surface area (Å²) in [5.41, 5.74) is 5.40. The maximum absolute atomic E-state index is 6.42. The third-order valence-electron chi connectivity index (χ3n) is 9.55. The van der Waals surface area contributed by atoms with E-state index in [1.54, 1.807) is 18.5 Å². The highest BCUT2D eigenvalue weighted by Crippen LogP contribution is 2.36. The number of halogens is 5. The lowest BCUT2D eigenvalue weighted by molar-refractivity contribution is 0.443. The predicted octanol–water partition coefficient (Wildman–Crippen LogP) is 10.7. The van der Waals surface area contributed by atoms with Crippen LogP contribution in [0, 0.1) is 0 Å². The molecule has 0 aliphatic carbocycles. The molecule has 2 aliphatic heterocycles. The fourth-order valence-corrected chi connectivity index (χ4v) is 8.27. The molecule has 6 aromatic rings. The number of benzene rings is 3. The second-order valence-corrected chi connectivity index (χ2v) is 16.2. The van der Waals surface area contributed by atoms with Crippen molar-refractivity contribution in [3.63, 3.8) is 0 Å². The lowest BCUT2D eigenvalue weighted by atomic mass is 10.0. The van der Waals surface area contributed by atoms with Crippen LogP contribution in [0.15, 0.2) is 98.7 Å². The molecule has 51 heavy (non-hydrogen) atoms. The molecule has 0 unspecified atom stereocenters. The maximum atomic E-state index is 6.42. The highest BCUT2D eigenvalue weighted by Gasteiger charge is 2.22. The van der Waals surface area contributed by atoms with Gasteiger partial charge in [0.15, 0.2) is 0 Å². The molecule has 7 nitrogen and oxygen atoms in total. The summed E-state index contributed by atoms with van der Waals surface area (Å²) in [6.07, 6.45) is 10.1. The highest BCUT2D eigenvalue weighted by atomic mass is 79.9. The molecule has 0 amide bonds. The van der Waals surface area contributed by atoms with Crippen LogP contribution in [0.5, 0.6) is 0 Å². The summed E-state index contributed by atoms with van der Waals surface area (Å²) in [6, 6.07) is 23.5. The Morgan fingerprint density at radius 1 is 0.569 bits per heavy atom. The zero-order chi connectivity index (χ0) is 35.9. The van der Waals surface area contributed by atoms with Crippen molar-refractivity contribution in [2.24, 2.45) is 0 Å². The zero-order valence-electron chi connectivity index (χ0n) is 28.5. The highest BCUT2D eigenvalue weighted by molar-refractivity contribution is 9.11. The molecule has 0 spiro atoms. The van der Waals surface area contributed by atoms with Gasteiger partial charge in [0.1, 0.15) is 0 Å². The summed E-state index contributed by atoms with van der Waals surface area (Å²) in [7, 11) is 4.09. The van der Waals surface area contributed by atoms with E-state index in [-0.39, 0.29) is 0 Å². The van der Waals surface area contributed by atoms with E-state index in [9.17, 15) is 0 Å². The average molecular weight is 917 g/mol. The lowest BCUT2D eigenvalue weighted by Gasteiger charge is -2.34. The first-order valence-corrected chi connectivity index (χ1v) is 20.2. The van der Waals surface area contributed by atoms with Crippen LogP contribution in [0.3, 0.4) is 0 Å². The second kappa shape index (κ2) is 18.0. The van der Waals surface area contributed by atoms with Gasteiger partial charge < -0.3 is 20.4 Å². The van der Waals surface area contributed by atoms with Gasteiger partial charge in [-0.1, -0.05) is 71.0 Å². The Morgan fingerprint density at radius 3 is 1.61 bits per heavy atom. The minimum absolute atomic E-state index is 0.616. The molecule has 8 rings (SSSR count). The number of pyridine rings is 3. The van der Waals surface area contributed by atoms with Crippen LogP contribution in [-0.4, -0.2) is 67.3 Å². The summed E-state index contributed by atoms with van der Waals surface area (Å²) in [4.78, 5) is 17.9. The maximum Gasteiger partial charge on any atom is 0.0829 e. The largest absolute Gasteiger partial charge is 0.371 e. The number of rotatable bonds is 4. The topological polar surface area (TPSA) is 69.2 Å². The predicted molar refractivity (Wildman–Crippen MR) is 227 cm³/mol. The average Bonchev–Trinajstić information content (AvgIpc) is 3.15. The molecule has 2 fully saturated rings. The van der Waals surface area contributed by atoms with Gasteiger partial charge in [-0.25, -0.2) is 0 Å². The van der Waals surface area contributed by atoms with Crippen LogP contribution in [0.1, 0.15) is 25.7 Å². The summed E-state index contributed by atoms with van der Waals surface area (Å²) in [6.45, 7) is 4.27. The summed E-state index contributed by atoms with van der Waals surface area (Å²) in [5, 5.41) is 11.5. The van der Waals surface area contributed by atoms with Crippen molar-refractivity contribution in [3.8, 4) is 0 Å². The SMILES string of the molecule is CNC1CCN(c2c(Cl)cnc3ccc(Br)cc23)CC1.CNC1CCN(c2ccnc3ccc(Br)cc23)CC1.Clc1ccnc2ccc(Br)cc12. The molecule has 0 atom stereocenters. The Hall–Kier alpha value is -2.57. The van der Waals surface area contributed by atoms with Crippen LogP contribution >= 0.6 is 71.0 Å². The molecule has 2 N–H and O–H groups in total. The van der Waals surface area contributed by atoms with E-state index in [2.05, 4.69) is 114 Å². The van der Waals surface area contributed by atoms with Gasteiger partial charge in [-0.05, 0) is 107 Å². The molecule has 0 radical (unpaired) electrons. The van der Waals surface area contributed by atoms with Crippen molar-refractivity contribution in [2.45, 2.75) is 37.8 Å². The Balaban J connectivity index is 0.000000136. The van der Waals surface area contributed by atoms with Gasteiger partial charge in [-0.3, -0.25) is 15.0 Å². The number of hydrogen-bond donors (Lipinski definition) is 2. The minimum Gasteiger partial charge on any atom is -0.371 e. The van der Waals surface area contributed by atoms with Gasteiger partial charge in [0.2, 0.25) is 0 Å². The molecular weight excluding hydrogens is 877 g/mol. The van der Waals surface area contributed by atoms with E-state index >= 15 is 0 Å². The van der Waals surface area contributed by atoms with Crippen LogP contribution in [0.4, 0.5) is 11.4 Å². The van der Waals surface area contributed by atoms with Gasteiger partial charge in [-0.2, -0.15) is 0 Å². The van der Waals surface area contributed by atoms with Crippen molar-refractivity contribution in [1.29, 1.82) is 0 Å². The summed E-state index contributed by atoms with van der Waals surface area (Å²) >= 11 is 22.9. The van der Waals surface area contributed by atoms with Crippen molar-refractivity contribution in [1.82, 2.24) is 25.6 Å². The number of hydrogen-bond acceptors (Lipinski definition) is 7. The van der Waals surface area contributed by atoms with Gasteiger partial charge in [0.05, 0.1) is 32.3 Å². The van der Waals surface area contributed by atoms with Crippen molar-refractivity contribution >= 4 is 115 Å². The first-order chi connectivity index (χ1) is 24.7. The standard InChI is InChI=1S/C15H17BrClN3.C15H18BrN3.C9H5BrClN/c1-18-11-4-6-20(7-5-11)15-12-8-10(16)2-3-14(12)19-9-13(15)17;1-17-12-5-8-19(9-6-12)15-4-7-18-14-3-2-11(16)10-13(14)15;10-6-1-2-9-7(5-6)8(11)3-4-12-9/h2-3,8-9,11,18H,4-7H2,1H3;2-4,7,10,12,17H,5-6,8-9H2,1H3;1-5H. The number of nitrogens with one attached hydrogen (secondary N) is 2. The van der Waals surface area contributed by atoms with E-state index in [1.165, 1.54) is 23.9 Å². The van der Waals surface area contributed by atoms with Crippen LogP contribution < -0.4 is 20.4 Å². The van der Waals surface area contributed by atoms with E-state index in [0.29, 0.717) is 12.1 Å². The van der Waals surface area contributed by atoms with Gasteiger partial charge in [0.25, 0.3) is 0 Å². The monoisotopic (exact) mass is 913 g/mol. The number of fused-ring (bicyclic) bond motifs is 3. The Morgan fingerprint density at radius 2 is 1.04 bits per heavy atom. The molecule has 3 aromatic carbocycles. The third kappa shape index (κ3) is 9.51. The third-order valence-corrected chi connectivity index (χ3v) is 11.6. The molecule has 2 aliphatic rings. The zero-order valence-corrected chi connectivity index (χ0v) is 34.8. The fraction of sp³-hybridized carbons (Fsp3) is 0.308. The number of aromatic nitrogens is 3. The first-order valence-electron chi connectivity index (χ1n) is 17.1. The lowest BCUT2D eigenvalue weighted by Crippen LogP contribution is -2.41. The molecule has 3 aromatic heterocycles. The normalized spacial score (nSPS) is 15.4. The van der Waals surface area contributed by atoms with Gasteiger partial charge in [-0.15, -0.1) is 0 Å². The summed E-state index contributed by atoms with van der Waals surface area (Å²) < 4.78 is 3.18. The summed E-state index contributed by atoms with van der Waals surface area (Å²) in [5.74, 6) is 0.